The minimum atomic E-state index is 0.519. The van der Waals surface area contributed by atoms with Crippen LogP contribution in [0.5, 0.6) is 0 Å². The van der Waals surface area contributed by atoms with Crippen LogP contribution in [-0.4, -0.2) is 39.7 Å². The Hall–Kier alpha value is -4.24. The number of H-pyrrole nitrogens is 1. The zero-order valence-electron chi connectivity index (χ0n) is 19.9. The maximum atomic E-state index is 6.17. The van der Waals surface area contributed by atoms with Gasteiger partial charge in [-0.25, -0.2) is 9.97 Å². The van der Waals surface area contributed by atoms with Crippen molar-refractivity contribution in [2.24, 2.45) is 0 Å². The minimum Gasteiger partial charge on any atom is -0.364 e. The Morgan fingerprint density at radius 2 is 1.72 bits per heavy atom. The van der Waals surface area contributed by atoms with Crippen LogP contribution in [0.4, 0.5) is 5.82 Å². The first-order chi connectivity index (χ1) is 17.5. The molecule has 0 aliphatic heterocycles. The van der Waals surface area contributed by atoms with Crippen LogP contribution in [0.1, 0.15) is 28.2 Å². The lowest BCUT2D eigenvalue weighted by Crippen LogP contribution is -2.04. The Kier molecular flexibility index (Phi) is 5.61. The fraction of sp³-hybridized carbons (Fsp3) is 0.192. The second-order valence-electron chi connectivity index (χ2n) is 8.90. The predicted molar refractivity (Wildman–Crippen MR) is 140 cm³/mol. The molecule has 0 bridgehead atoms. The second-order valence-corrected chi connectivity index (χ2v) is 9.34. The van der Waals surface area contributed by atoms with Gasteiger partial charge in [0.05, 0.1) is 41.9 Å². The van der Waals surface area contributed by atoms with E-state index in [-0.39, 0.29) is 0 Å². The van der Waals surface area contributed by atoms with Crippen LogP contribution in [0.3, 0.4) is 0 Å². The molecule has 6 rings (SSSR count). The summed E-state index contributed by atoms with van der Waals surface area (Å²) in [7, 11) is 0. The van der Waals surface area contributed by atoms with Crippen LogP contribution in [0, 0.1) is 13.8 Å². The van der Waals surface area contributed by atoms with Gasteiger partial charge in [0.1, 0.15) is 12.1 Å². The molecule has 0 fully saturated rings. The van der Waals surface area contributed by atoms with Crippen molar-refractivity contribution in [3.63, 3.8) is 0 Å². The highest BCUT2D eigenvalue weighted by atomic mass is 35.5. The molecule has 4 aromatic heterocycles. The van der Waals surface area contributed by atoms with Crippen molar-refractivity contribution in [2.45, 2.75) is 33.5 Å². The highest BCUT2D eigenvalue weighted by Gasteiger charge is 2.11. The first-order valence-corrected chi connectivity index (χ1v) is 12.0. The quantitative estimate of drug-likeness (QED) is 0.326. The standard InChI is InChI=1S/C26H24ClN9/c1-16-9-17(2)36(33-16)13-19-5-3-18(4-6-19)12-35-14-22-25(29-15-30-26(22)34-35)28-11-24-21-10-20(27)7-8-23(21)31-32-24/h3-10,14-15H,11-13H2,1-2H3,(H,31,32)(H,28,29,30,34). The first-order valence-electron chi connectivity index (χ1n) is 11.7. The van der Waals surface area contributed by atoms with E-state index in [0.29, 0.717) is 23.8 Å². The predicted octanol–water partition coefficient (Wildman–Crippen LogP) is 4.88. The molecule has 0 saturated heterocycles. The summed E-state index contributed by atoms with van der Waals surface area (Å²) in [5, 5.41) is 22.5. The van der Waals surface area contributed by atoms with Crippen LogP contribution in [-0.2, 0) is 19.6 Å². The van der Waals surface area contributed by atoms with Gasteiger partial charge in [-0.2, -0.15) is 15.3 Å². The fourth-order valence-electron chi connectivity index (χ4n) is 4.39. The molecular weight excluding hydrogens is 474 g/mol. The molecule has 0 aliphatic rings. The molecule has 0 atom stereocenters. The molecule has 0 aliphatic carbocycles. The molecule has 10 heteroatoms. The van der Waals surface area contributed by atoms with Crippen molar-refractivity contribution in [2.75, 3.05) is 5.32 Å². The van der Waals surface area contributed by atoms with Gasteiger partial charge < -0.3 is 5.32 Å². The van der Waals surface area contributed by atoms with Crippen LogP contribution in [0.25, 0.3) is 21.9 Å². The van der Waals surface area contributed by atoms with E-state index >= 15 is 0 Å². The molecule has 0 unspecified atom stereocenters. The number of halogens is 1. The summed E-state index contributed by atoms with van der Waals surface area (Å²) in [6.07, 6.45) is 3.50. The van der Waals surface area contributed by atoms with Crippen molar-refractivity contribution in [1.29, 1.82) is 0 Å². The first kappa shape index (κ1) is 22.2. The summed E-state index contributed by atoms with van der Waals surface area (Å²) in [4.78, 5) is 8.79. The number of anilines is 1. The highest BCUT2D eigenvalue weighted by Crippen LogP contribution is 2.23. The summed E-state index contributed by atoms with van der Waals surface area (Å²) in [6, 6.07) is 16.3. The number of aromatic amines is 1. The summed E-state index contributed by atoms with van der Waals surface area (Å²) in [6.45, 7) is 6.01. The Balaban J connectivity index is 1.17. The van der Waals surface area contributed by atoms with Gasteiger partial charge in [-0.1, -0.05) is 35.9 Å². The second kappa shape index (κ2) is 9.09. The number of nitrogens with zero attached hydrogens (tertiary/aromatic N) is 7. The van der Waals surface area contributed by atoms with Crippen LogP contribution in [0.2, 0.25) is 5.02 Å². The summed E-state index contributed by atoms with van der Waals surface area (Å²) >= 11 is 6.17. The monoisotopic (exact) mass is 497 g/mol. The Bertz CT molecular complexity index is 1680. The minimum absolute atomic E-state index is 0.519. The smallest absolute Gasteiger partial charge is 0.186 e. The van der Waals surface area contributed by atoms with E-state index in [0.717, 1.165) is 51.3 Å². The van der Waals surface area contributed by atoms with E-state index in [1.807, 2.05) is 40.7 Å². The van der Waals surface area contributed by atoms with Crippen LogP contribution >= 0.6 is 11.6 Å². The van der Waals surface area contributed by atoms with E-state index < -0.39 is 0 Å². The molecule has 2 aromatic carbocycles. The Morgan fingerprint density at radius 1 is 0.917 bits per heavy atom. The lowest BCUT2D eigenvalue weighted by Gasteiger charge is -2.07. The zero-order chi connectivity index (χ0) is 24.6. The van der Waals surface area contributed by atoms with E-state index in [1.165, 1.54) is 11.9 Å². The average Bonchev–Trinajstić information content (AvgIpc) is 3.55. The zero-order valence-corrected chi connectivity index (χ0v) is 20.7. The number of hydrogen-bond donors (Lipinski definition) is 2. The number of aryl methyl sites for hydroxylation is 2. The molecule has 0 spiro atoms. The highest BCUT2D eigenvalue weighted by molar-refractivity contribution is 6.31. The van der Waals surface area contributed by atoms with Gasteiger partial charge in [-0.3, -0.25) is 14.5 Å². The topological polar surface area (TPSA) is 102 Å². The molecule has 0 saturated carbocycles. The lowest BCUT2D eigenvalue weighted by atomic mass is 10.1. The number of hydrogen-bond acceptors (Lipinski definition) is 6. The largest absolute Gasteiger partial charge is 0.364 e. The average molecular weight is 498 g/mol. The third-order valence-corrected chi connectivity index (χ3v) is 6.43. The van der Waals surface area contributed by atoms with Crippen molar-refractivity contribution < 1.29 is 0 Å². The van der Waals surface area contributed by atoms with Gasteiger partial charge in [0.2, 0.25) is 0 Å². The van der Waals surface area contributed by atoms with Gasteiger partial charge in [0.25, 0.3) is 0 Å². The molecule has 0 radical (unpaired) electrons. The molecule has 4 heterocycles. The lowest BCUT2D eigenvalue weighted by molar-refractivity contribution is 0.657. The van der Waals surface area contributed by atoms with Gasteiger partial charge in [-0.15, -0.1) is 0 Å². The molecule has 2 N–H and O–H groups in total. The fourth-order valence-corrected chi connectivity index (χ4v) is 4.57. The van der Waals surface area contributed by atoms with Crippen molar-refractivity contribution in [3.8, 4) is 0 Å². The van der Waals surface area contributed by atoms with Crippen LogP contribution in [0.15, 0.2) is 61.1 Å². The van der Waals surface area contributed by atoms with E-state index in [4.69, 9.17) is 11.6 Å². The number of aromatic nitrogens is 8. The van der Waals surface area contributed by atoms with Gasteiger partial charge in [0.15, 0.2) is 5.65 Å². The summed E-state index contributed by atoms with van der Waals surface area (Å²) < 4.78 is 3.92. The van der Waals surface area contributed by atoms with Crippen molar-refractivity contribution in [3.05, 3.63) is 94.3 Å². The SMILES string of the molecule is Cc1cc(C)n(Cc2ccc(Cn3cc4c(NCc5[nH]nc6ccc(Cl)cc56)ncnc4n3)cc2)n1. The number of benzene rings is 2. The van der Waals surface area contributed by atoms with Crippen molar-refractivity contribution in [1.82, 2.24) is 39.7 Å². The summed E-state index contributed by atoms with van der Waals surface area (Å²) in [5.41, 5.74) is 7.02. The third-order valence-electron chi connectivity index (χ3n) is 6.20. The molecule has 180 valence electrons. The van der Waals surface area contributed by atoms with E-state index in [2.05, 4.69) is 72.9 Å². The van der Waals surface area contributed by atoms with Crippen molar-refractivity contribution >= 4 is 39.4 Å². The van der Waals surface area contributed by atoms with E-state index in [1.54, 1.807) is 0 Å². The van der Waals surface area contributed by atoms with Gasteiger partial charge in [-0.05, 0) is 49.2 Å². The number of fused-ring (bicyclic) bond motifs is 2. The van der Waals surface area contributed by atoms with E-state index in [9.17, 15) is 0 Å². The third kappa shape index (κ3) is 4.40. The summed E-state index contributed by atoms with van der Waals surface area (Å²) in [5.74, 6) is 0.719. The van der Waals surface area contributed by atoms with Crippen LogP contribution < -0.4 is 5.32 Å². The number of nitrogens with one attached hydrogen (secondary N) is 2. The Morgan fingerprint density at radius 3 is 2.50 bits per heavy atom. The Labute approximate surface area is 212 Å². The van der Waals surface area contributed by atoms with Gasteiger partial charge in [0, 0.05) is 22.3 Å². The normalized spacial score (nSPS) is 11.5. The maximum Gasteiger partial charge on any atom is 0.186 e. The molecule has 0 amide bonds. The number of rotatable bonds is 7. The molecule has 36 heavy (non-hydrogen) atoms. The maximum absolute atomic E-state index is 6.17. The molecular formula is C26H24ClN9. The molecule has 6 aromatic rings. The van der Waals surface area contributed by atoms with Gasteiger partial charge >= 0.3 is 0 Å². The molecule has 9 nitrogen and oxygen atoms in total.